The summed E-state index contributed by atoms with van der Waals surface area (Å²) in [6.07, 6.45) is 3.06. The Morgan fingerprint density at radius 1 is 1.00 bits per heavy atom. The van der Waals surface area contributed by atoms with Gasteiger partial charge in [-0.1, -0.05) is 18.2 Å². The summed E-state index contributed by atoms with van der Waals surface area (Å²) in [4.78, 5) is 19.2. The summed E-state index contributed by atoms with van der Waals surface area (Å²) in [7, 11) is 4.96. The minimum atomic E-state index is -0.137. The number of carbonyl (C=O) groups is 1. The van der Waals surface area contributed by atoms with E-state index in [2.05, 4.69) is 20.5 Å². The van der Waals surface area contributed by atoms with Gasteiger partial charge in [-0.2, -0.15) is 0 Å². The van der Waals surface area contributed by atoms with Gasteiger partial charge in [0.25, 0.3) is 5.91 Å². The van der Waals surface area contributed by atoms with E-state index in [1.54, 1.807) is 32.2 Å². The standard InChI is InChI=1S/C24H27N5O4/c1-25-22-14-20(32-3)23(28-27-22)16-9-11-29(12-10-16)24(30)18-13-19(31-2)21(15-26-18)33-17-7-5-4-6-8-17/h4-8,13-16H,9-12H2,1-3H3,(H,25,27). The number of piperidine rings is 1. The molecule has 1 saturated heterocycles. The van der Waals surface area contributed by atoms with Crippen LogP contribution in [0.1, 0.15) is 34.9 Å². The van der Waals surface area contributed by atoms with Crippen molar-refractivity contribution in [1.29, 1.82) is 0 Å². The number of aromatic nitrogens is 3. The van der Waals surface area contributed by atoms with E-state index < -0.39 is 0 Å². The molecule has 172 valence electrons. The fourth-order valence-electron chi connectivity index (χ4n) is 3.86. The number of hydrogen-bond acceptors (Lipinski definition) is 8. The minimum absolute atomic E-state index is 0.137. The molecule has 0 radical (unpaired) electrons. The summed E-state index contributed by atoms with van der Waals surface area (Å²) in [6, 6.07) is 12.8. The molecule has 1 amide bonds. The summed E-state index contributed by atoms with van der Waals surface area (Å²) >= 11 is 0. The van der Waals surface area contributed by atoms with Gasteiger partial charge in [0, 0.05) is 38.2 Å². The van der Waals surface area contributed by atoms with Crippen LogP contribution >= 0.6 is 0 Å². The Labute approximate surface area is 192 Å². The normalized spacial score (nSPS) is 14.0. The van der Waals surface area contributed by atoms with Crippen molar-refractivity contribution in [3.8, 4) is 23.0 Å². The minimum Gasteiger partial charge on any atom is -0.495 e. The Hall–Kier alpha value is -3.88. The molecule has 1 aromatic carbocycles. The van der Waals surface area contributed by atoms with Crippen molar-refractivity contribution in [3.63, 3.8) is 0 Å². The van der Waals surface area contributed by atoms with Crippen molar-refractivity contribution in [2.24, 2.45) is 0 Å². The van der Waals surface area contributed by atoms with Crippen LogP contribution in [0.3, 0.4) is 0 Å². The van der Waals surface area contributed by atoms with Crippen molar-refractivity contribution in [3.05, 3.63) is 60.0 Å². The second-order valence-electron chi connectivity index (χ2n) is 7.64. The number of methoxy groups -OCH3 is 2. The van der Waals surface area contributed by atoms with E-state index in [0.29, 0.717) is 47.6 Å². The average molecular weight is 450 g/mol. The summed E-state index contributed by atoms with van der Waals surface area (Å²) in [6.45, 7) is 1.18. The highest BCUT2D eigenvalue weighted by Crippen LogP contribution is 2.35. The molecule has 0 spiro atoms. The van der Waals surface area contributed by atoms with Crippen LogP contribution in [-0.4, -0.2) is 60.3 Å². The third kappa shape index (κ3) is 4.97. The molecular weight excluding hydrogens is 422 g/mol. The van der Waals surface area contributed by atoms with E-state index >= 15 is 0 Å². The number of rotatable bonds is 7. The van der Waals surface area contributed by atoms with Crippen LogP contribution in [0.2, 0.25) is 0 Å². The smallest absolute Gasteiger partial charge is 0.272 e. The lowest BCUT2D eigenvalue weighted by Crippen LogP contribution is -2.38. The van der Waals surface area contributed by atoms with Crippen molar-refractivity contribution < 1.29 is 19.0 Å². The number of benzene rings is 1. The van der Waals surface area contributed by atoms with Gasteiger partial charge in [-0.15, -0.1) is 10.2 Å². The summed E-state index contributed by atoms with van der Waals surface area (Å²) in [5.74, 6) is 2.97. The predicted molar refractivity (Wildman–Crippen MR) is 123 cm³/mol. The quantitative estimate of drug-likeness (QED) is 0.582. The van der Waals surface area contributed by atoms with E-state index in [1.165, 1.54) is 6.20 Å². The first-order valence-corrected chi connectivity index (χ1v) is 10.8. The van der Waals surface area contributed by atoms with E-state index in [0.717, 1.165) is 18.5 Å². The molecule has 33 heavy (non-hydrogen) atoms. The van der Waals surface area contributed by atoms with Crippen LogP contribution in [0, 0.1) is 0 Å². The zero-order valence-electron chi connectivity index (χ0n) is 18.9. The highest BCUT2D eigenvalue weighted by Gasteiger charge is 2.29. The molecule has 0 saturated carbocycles. The van der Waals surface area contributed by atoms with Gasteiger partial charge in [0.15, 0.2) is 17.3 Å². The van der Waals surface area contributed by atoms with Crippen LogP contribution in [0.4, 0.5) is 5.82 Å². The van der Waals surface area contributed by atoms with Crippen LogP contribution in [-0.2, 0) is 0 Å². The maximum atomic E-state index is 13.1. The highest BCUT2D eigenvalue weighted by molar-refractivity contribution is 5.93. The molecule has 9 nitrogen and oxygen atoms in total. The SMILES string of the molecule is CNc1cc(OC)c(C2CCN(C(=O)c3cc(OC)c(Oc4ccccc4)cn3)CC2)nn1. The summed E-state index contributed by atoms with van der Waals surface area (Å²) in [5, 5.41) is 11.5. The molecule has 0 unspecified atom stereocenters. The topological polar surface area (TPSA) is 98.7 Å². The first kappa shape index (κ1) is 22.3. The number of pyridine rings is 1. The second kappa shape index (κ2) is 10.2. The van der Waals surface area contributed by atoms with Crippen molar-refractivity contribution in [1.82, 2.24) is 20.1 Å². The molecule has 3 heterocycles. The molecule has 9 heteroatoms. The monoisotopic (exact) mass is 449 g/mol. The Morgan fingerprint density at radius 3 is 2.39 bits per heavy atom. The third-order valence-electron chi connectivity index (χ3n) is 5.67. The molecule has 0 bridgehead atoms. The summed E-state index contributed by atoms with van der Waals surface area (Å²) < 4.78 is 16.8. The van der Waals surface area contributed by atoms with Gasteiger partial charge >= 0.3 is 0 Å². The van der Waals surface area contributed by atoms with Crippen molar-refractivity contribution in [2.45, 2.75) is 18.8 Å². The van der Waals surface area contributed by atoms with Crippen molar-refractivity contribution in [2.75, 3.05) is 39.7 Å². The predicted octanol–water partition coefficient (Wildman–Crippen LogP) is 3.74. The van der Waals surface area contributed by atoms with Gasteiger partial charge in [0.2, 0.25) is 0 Å². The lowest BCUT2D eigenvalue weighted by atomic mass is 9.92. The number of carbonyl (C=O) groups excluding carboxylic acids is 1. The van der Waals surface area contributed by atoms with Gasteiger partial charge in [-0.05, 0) is 25.0 Å². The summed E-state index contributed by atoms with van der Waals surface area (Å²) in [5.41, 5.74) is 1.15. The Kier molecular flexibility index (Phi) is 6.87. The van der Waals surface area contributed by atoms with E-state index in [4.69, 9.17) is 14.2 Å². The van der Waals surface area contributed by atoms with Crippen molar-refractivity contribution >= 4 is 11.7 Å². The first-order chi connectivity index (χ1) is 16.1. The number of likely N-dealkylation sites (tertiary alicyclic amines) is 1. The molecule has 0 aliphatic carbocycles. The zero-order chi connectivity index (χ0) is 23.2. The fraction of sp³-hybridized carbons (Fsp3) is 0.333. The van der Waals surface area contributed by atoms with Gasteiger partial charge in [-0.3, -0.25) is 4.79 Å². The number of hydrogen-bond donors (Lipinski definition) is 1. The average Bonchev–Trinajstić information content (AvgIpc) is 2.88. The highest BCUT2D eigenvalue weighted by atomic mass is 16.5. The Balaban J connectivity index is 1.43. The van der Waals surface area contributed by atoms with Gasteiger partial charge in [0.05, 0.1) is 20.4 Å². The molecule has 2 aromatic heterocycles. The van der Waals surface area contributed by atoms with Crippen LogP contribution in [0.25, 0.3) is 0 Å². The maximum Gasteiger partial charge on any atom is 0.272 e. The molecule has 4 rings (SSSR count). The van der Waals surface area contributed by atoms with Crippen LogP contribution in [0.15, 0.2) is 48.7 Å². The molecule has 1 aliphatic rings. The van der Waals surface area contributed by atoms with Crippen LogP contribution < -0.4 is 19.5 Å². The van der Waals surface area contributed by atoms with Gasteiger partial charge < -0.3 is 24.4 Å². The van der Waals surface area contributed by atoms with E-state index in [-0.39, 0.29) is 11.8 Å². The molecule has 1 fully saturated rings. The lowest BCUT2D eigenvalue weighted by Gasteiger charge is -2.31. The largest absolute Gasteiger partial charge is 0.495 e. The number of amides is 1. The molecule has 1 aliphatic heterocycles. The number of anilines is 1. The number of ether oxygens (including phenoxy) is 3. The Bertz CT molecular complexity index is 1100. The third-order valence-corrected chi connectivity index (χ3v) is 5.67. The Morgan fingerprint density at radius 2 is 1.73 bits per heavy atom. The molecule has 1 N–H and O–H groups in total. The van der Waals surface area contributed by atoms with Gasteiger partial charge in [0.1, 0.15) is 22.9 Å². The number of nitrogens with zero attached hydrogens (tertiary/aromatic N) is 4. The first-order valence-electron chi connectivity index (χ1n) is 10.8. The molecular formula is C24H27N5O4. The fourth-order valence-corrected chi connectivity index (χ4v) is 3.86. The molecule has 0 atom stereocenters. The number of nitrogens with one attached hydrogen (secondary N) is 1. The van der Waals surface area contributed by atoms with E-state index in [9.17, 15) is 4.79 Å². The van der Waals surface area contributed by atoms with Gasteiger partial charge in [-0.25, -0.2) is 4.98 Å². The lowest BCUT2D eigenvalue weighted by molar-refractivity contribution is 0.0705. The molecule has 3 aromatic rings. The number of para-hydroxylation sites is 1. The second-order valence-corrected chi connectivity index (χ2v) is 7.64. The maximum absolute atomic E-state index is 13.1. The van der Waals surface area contributed by atoms with E-state index in [1.807, 2.05) is 36.4 Å². The van der Waals surface area contributed by atoms with Crippen LogP contribution in [0.5, 0.6) is 23.0 Å². The zero-order valence-corrected chi connectivity index (χ0v) is 18.9.